The molecule has 4 nitrogen and oxygen atoms in total. The van der Waals surface area contributed by atoms with Gasteiger partial charge in [-0.25, -0.2) is 13.1 Å². The first-order chi connectivity index (χ1) is 9.97. The summed E-state index contributed by atoms with van der Waals surface area (Å²) >= 11 is 0. The molecule has 0 spiro atoms. The number of nitrogens with zero attached hydrogens (tertiary/aromatic N) is 1. The van der Waals surface area contributed by atoms with E-state index in [1.807, 2.05) is 18.2 Å². The summed E-state index contributed by atoms with van der Waals surface area (Å²) in [4.78, 5) is 4.38. The number of rotatable bonds is 6. The first-order valence-corrected chi connectivity index (χ1v) is 8.44. The van der Waals surface area contributed by atoms with E-state index in [2.05, 4.69) is 23.6 Å². The molecule has 112 valence electrons. The van der Waals surface area contributed by atoms with E-state index < -0.39 is 10.0 Å². The molecule has 0 atom stereocenters. The number of sulfonamides is 1. The average Bonchev–Trinajstić information content (AvgIpc) is 2.46. The van der Waals surface area contributed by atoms with E-state index >= 15 is 0 Å². The summed E-state index contributed by atoms with van der Waals surface area (Å²) in [6.45, 7) is 4.47. The maximum Gasteiger partial charge on any atom is 0.240 e. The van der Waals surface area contributed by atoms with Crippen LogP contribution < -0.4 is 4.72 Å². The Hall–Kier alpha value is -1.72. The van der Waals surface area contributed by atoms with E-state index in [0.717, 1.165) is 12.0 Å². The minimum Gasteiger partial charge on any atom is -0.260 e. The van der Waals surface area contributed by atoms with E-state index in [0.29, 0.717) is 11.6 Å². The molecule has 1 aromatic heterocycles. The van der Waals surface area contributed by atoms with Crippen LogP contribution in [0.15, 0.2) is 53.6 Å². The standard InChI is InChI=1S/C16H20N2O2S/c1-13(2)11-14-6-8-16(9-7-14)21(19,20)18-12-15-5-3-4-10-17-15/h3-10,13,18H,11-12H2,1-2H3. The quantitative estimate of drug-likeness (QED) is 0.892. The molecule has 0 fully saturated rings. The number of pyridine rings is 1. The fraction of sp³-hybridized carbons (Fsp3) is 0.312. The van der Waals surface area contributed by atoms with Gasteiger partial charge in [-0.15, -0.1) is 0 Å². The molecular formula is C16H20N2O2S. The largest absolute Gasteiger partial charge is 0.260 e. The minimum atomic E-state index is -3.49. The predicted octanol–water partition coefficient (Wildman–Crippen LogP) is 2.76. The first-order valence-electron chi connectivity index (χ1n) is 6.96. The van der Waals surface area contributed by atoms with Crippen LogP contribution in [0.5, 0.6) is 0 Å². The molecule has 0 aliphatic heterocycles. The Balaban J connectivity index is 2.05. The second kappa shape index (κ2) is 6.83. The predicted molar refractivity (Wildman–Crippen MR) is 83.2 cm³/mol. The third-order valence-corrected chi connectivity index (χ3v) is 4.46. The summed E-state index contributed by atoms with van der Waals surface area (Å²) < 4.78 is 27.0. The SMILES string of the molecule is CC(C)Cc1ccc(S(=O)(=O)NCc2ccccn2)cc1. The molecule has 5 heteroatoms. The maximum atomic E-state index is 12.2. The lowest BCUT2D eigenvalue weighted by Gasteiger charge is -2.08. The summed E-state index contributed by atoms with van der Waals surface area (Å²) in [6, 6.07) is 12.5. The Kier molecular flexibility index (Phi) is 5.09. The lowest BCUT2D eigenvalue weighted by molar-refractivity contribution is 0.580. The average molecular weight is 304 g/mol. The lowest BCUT2D eigenvalue weighted by Crippen LogP contribution is -2.23. The van der Waals surface area contributed by atoms with E-state index in [1.54, 1.807) is 30.5 Å². The number of hydrogen-bond acceptors (Lipinski definition) is 3. The Morgan fingerprint density at radius 2 is 1.81 bits per heavy atom. The third-order valence-electron chi connectivity index (χ3n) is 3.05. The molecule has 0 radical (unpaired) electrons. The third kappa shape index (κ3) is 4.65. The van der Waals surface area contributed by atoms with Crippen LogP contribution in [0.2, 0.25) is 0 Å². The molecule has 0 aliphatic carbocycles. The van der Waals surface area contributed by atoms with Gasteiger partial charge in [-0.2, -0.15) is 0 Å². The van der Waals surface area contributed by atoms with Gasteiger partial charge in [-0.05, 0) is 42.2 Å². The molecule has 2 aromatic rings. The van der Waals surface area contributed by atoms with Gasteiger partial charge in [-0.3, -0.25) is 4.98 Å². The second-order valence-corrected chi connectivity index (χ2v) is 7.15. The fourth-order valence-corrected chi connectivity index (χ4v) is 3.03. The van der Waals surface area contributed by atoms with Crippen LogP contribution in [0.25, 0.3) is 0 Å². The highest BCUT2D eigenvalue weighted by molar-refractivity contribution is 7.89. The van der Waals surface area contributed by atoms with Crippen LogP contribution in [0.4, 0.5) is 0 Å². The van der Waals surface area contributed by atoms with Crippen molar-refractivity contribution in [3.8, 4) is 0 Å². The van der Waals surface area contributed by atoms with Crippen molar-refractivity contribution in [3.63, 3.8) is 0 Å². The zero-order chi connectivity index (χ0) is 15.3. The van der Waals surface area contributed by atoms with Gasteiger partial charge in [0, 0.05) is 6.20 Å². The Bertz CT molecular complexity index is 665. The first kappa shape index (κ1) is 15.7. The topological polar surface area (TPSA) is 59.1 Å². The van der Waals surface area contributed by atoms with Crippen LogP contribution >= 0.6 is 0 Å². The van der Waals surface area contributed by atoms with Gasteiger partial charge in [0.1, 0.15) is 0 Å². The van der Waals surface area contributed by atoms with Gasteiger partial charge < -0.3 is 0 Å². The molecule has 1 N–H and O–H groups in total. The normalized spacial score (nSPS) is 11.8. The highest BCUT2D eigenvalue weighted by atomic mass is 32.2. The molecule has 0 aliphatic rings. The smallest absolute Gasteiger partial charge is 0.240 e. The van der Waals surface area contributed by atoms with Gasteiger partial charge in [0.2, 0.25) is 10.0 Å². The van der Waals surface area contributed by atoms with Gasteiger partial charge in [0.15, 0.2) is 0 Å². The van der Waals surface area contributed by atoms with E-state index in [9.17, 15) is 8.42 Å². The summed E-state index contributed by atoms with van der Waals surface area (Å²) in [5.41, 5.74) is 1.84. The molecule has 1 aromatic carbocycles. The fourth-order valence-electron chi connectivity index (χ4n) is 2.03. The van der Waals surface area contributed by atoms with E-state index in [-0.39, 0.29) is 11.4 Å². The van der Waals surface area contributed by atoms with Crippen LogP contribution in [-0.2, 0) is 23.0 Å². The van der Waals surface area contributed by atoms with Gasteiger partial charge in [-0.1, -0.05) is 32.0 Å². The second-order valence-electron chi connectivity index (χ2n) is 5.39. The molecule has 21 heavy (non-hydrogen) atoms. The Morgan fingerprint density at radius 3 is 2.38 bits per heavy atom. The molecule has 0 saturated heterocycles. The highest BCUT2D eigenvalue weighted by Crippen LogP contribution is 2.13. The molecule has 1 heterocycles. The Morgan fingerprint density at radius 1 is 1.10 bits per heavy atom. The molecule has 0 saturated carbocycles. The number of benzene rings is 1. The number of hydrogen-bond donors (Lipinski definition) is 1. The highest BCUT2D eigenvalue weighted by Gasteiger charge is 2.13. The molecule has 0 unspecified atom stereocenters. The van der Waals surface area contributed by atoms with Crippen LogP contribution in [0.3, 0.4) is 0 Å². The molecular weight excluding hydrogens is 284 g/mol. The number of aromatic nitrogens is 1. The van der Waals surface area contributed by atoms with Crippen molar-refractivity contribution in [3.05, 3.63) is 59.9 Å². The Labute approximate surface area is 126 Å². The van der Waals surface area contributed by atoms with Crippen molar-refractivity contribution in [2.24, 2.45) is 5.92 Å². The zero-order valence-electron chi connectivity index (χ0n) is 12.3. The van der Waals surface area contributed by atoms with E-state index in [1.165, 1.54) is 0 Å². The van der Waals surface area contributed by atoms with Gasteiger partial charge in [0.05, 0.1) is 17.1 Å². The number of nitrogens with one attached hydrogen (secondary N) is 1. The summed E-state index contributed by atoms with van der Waals surface area (Å²) in [6.07, 6.45) is 2.59. The van der Waals surface area contributed by atoms with Crippen LogP contribution in [0, 0.1) is 5.92 Å². The van der Waals surface area contributed by atoms with Crippen molar-refractivity contribution in [2.75, 3.05) is 0 Å². The van der Waals surface area contributed by atoms with Crippen molar-refractivity contribution < 1.29 is 8.42 Å². The molecule has 0 bridgehead atoms. The van der Waals surface area contributed by atoms with Crippen molar-refractivity contribution >= 4 is 10.0 Å². The lowest BCUT2D eigenvalue weighted by atomic mass is 10.0. The zero-order valence-corrected chi connectivity index (χ0v) is 13.1. The molecule has 2 rings (SSSR count). The monoisotopic (exact) mass is 304 g/mol. The van der Waals surface area contributed by atoms with E-state index in [4.69, 9.17) is 0 Å². The summed E-state index contributed by atoms with van der Waals surface area (Å²) in [5.74, 6) is 0.551. The minimum absolute atomic E-state index is 0.191. The van der Waals surface area contributed by atoms with Crippen LogP contribution in [0.1, 0.15) is 25.1 Å². The maximum absolute atomic E-state index is 12.2. The van der Waals surface area contributed by atoms with Crippen LogP contribution in [-0.4, -0.2) is 13.4 Å². The van der Waals surface area contributed by atoms with Crippen molar-refractivity contribution in [2.45, 2.75) is 31.7 Å². The van der Waals surface area contributed by atoms with Gasteiger partial charge in [0.25, 0.3) is 0 Å². The van der Waals surface area contributed by atoms with Crippen molar-refractivity contribution in [1.29, 1.82) is 0 Å². The van der Waals surface area contributed by atoms with Crippen molar-refractivity contribution in [1.82, 2.24) is 9.71 Å². The molecule has 0 amide bonds. The summed E-state index contributed by atoms with van der Waals surface area (Å²) in [7, 11) is -3.49. The van der Waals surface area contributed by atoms with Gasteiger partial charge >= 0.3 is 0 Å². The summed E-state index contributed by atoms with van der Waals surface area (Å²) in [5, 5.41) is 0.